The van der Waals surface area contributed by atoms with E-state index >= 15 is 0 Å². The molecule has 0 aliphatic rings. The maximum Gasteiger partial charge on any atom is 0.322 e. The van der Waals surface area contributed by atoms with Crippen LogP contribution in [0, 0.1) is 5.82 Å². The SMILES string of the molecule is O=C(Nc1nnc(-c2cccc(F)c2)o1)c1cc(-c2ccco2)on1. The van der Waals surface area contributed by atoms with E-state index in [0.717, 1.165) is 0 Å². The molecule has 1 amide bonds. The Hall–Kier alpha value is -3.75. The van der Waals surface area contributed by atoms with E-state index in [4.69, 9.17) is 13.4 Å². The fourth-order valence-electron chi connectivity index (χ4n) is 2.09. The Kier molecular flexibility index (Phi) is 3.58. The van der Waals surface area contributed by atoms with Crippen LogP contribution in [0.1, 0.15) is 10.5 Å². The molecule has 0 atom stereocenters. The average Bonchev–Trinajstić information content (AvgIpc) is 3.35. The highest BCUT2D eigenvalue weighted by molar-refractivity contribution is 6.02. The van der Waals surface area contributed by atoms with Gasteiger partial charge >= 0.3 is 6.01 Å². The van der Waals surface area contributed by atoms with E-state index < -0.39 is 11.7 Å². The molecule has 9 heteroatoms. The van der Waals surface area contributed by atoms with Crippen LogP contribution in [-0.2, 0) is 0 Å². The molecule has 1 aromatic carbocycles. The Balaban J connectivity index is 1.50. The van der Waals surface area contributed by atoms with Crippen LogP contribution in [0.2, 0.25) is 0 Å². The molecule has 0 radical (unpaired) electrons. The first-order valence-electron chi connectivity index (χ1n) is 7.10. The van der Waals surface area contributed by atoms with Gasteiger partial charge in [-0.15, -0.1) is 5.10 Å². The van der Waals surface area contributed by atoms with Gasteiger partial charge in [-0.2, -0.15) is 0 Å². The highest BCUT2D eigenvalue weighted by Gasteiger charge is 2.18. The molecular weight excluding hydrogens is 331 g/mol. The number of amides is 1. The standard InChI is InChI=1S/C16H9FN4O4/c17-10-4-1-3-9(7-10)15-19-20-16(24-15)18-14(22)11-8-13(25-21-11)12-5-2-6-23-12/h1-8H,(H,18,20,22). The summed E-state index contributed by atoms with van der Waals surface area (Å²) < 4.78 is 28.7. The predicted octanol–water partition coefficient (Wildman–Crippen LogP) is 3.38. The molecule has 8 nitrogen and oxygen atoms in total. The van der Waals surface area contributed by atoms with Crippen LogP contribution in [-0.4, -0.2) is 21.3 Å². The lowest BCUT2D eigenvalue weighted by atomic mass is 10.2. The zero-order valence-corrected chi connectivity index (χ0v) is 12.5. The number of hydrogen-bond acceptors (Lipinski definition) is 7. The van der Waals surface area contributed by atoms with Gasteiger partial charge in [-0.3, -0.25) is 10.1 Å². The van der Waals surface area contributed by atoms with Crippen molar-refractivity contribution in [2.75, 3.05) is 5.32 Å². The third kappa shape index (κ3) is 3.02. The fraction of sp³-hybridized carbons (Fsp3) is 0. The van der Waals surface area contributed by atoms with Crippen molar-refractivity contribution >= 4 is 11.9 Å². The summed E-state index contributed by atoms with van der Waals surface area (Å²) in [6, 6.07) is 10.3. The van der Waals surface area contributed by atoms with Gasteiger partial charge in [0.05, 0.1) is 6.26 Å². The van der Waals surface area contributed by atoms with E-state index in [0.29, 0.717) is 17.1 Å². The Bertz CT molecular complexity index is 1020. The number of aromatic nitrogens is 3. The molecule has 3 aromatic heterocycles. The largest absolute Gasteiger partial charge is 0.461 e. The molecule has 124 valence electrons. The summed E-state index contributed by atoms with van der Waals surface area (Å²) in [4.78, 5) is 12.1. The monoisotopic (exact) mass is 340 g/mol. The zero-order valence-electron chi connectivity index (χ0n) is 12.5. The minimum Gasteiger partial charge on any atom is -0.461 e. The Labute approximate surface area is 139 Å². The van der Waals surface area contributed by atoms with Crippen LogP contribution in [0.25, 0.3) is 23.0 Å². The number of hydrogen-bond donors (Lipinski definition) is 1. The molecule has 0 aliphatic carbocycles. The minimum absolute atomic E-state index is 0.0110. The molecule has 0 fully saturated rings. The second-order valence-corrected chi connectivity index (χ2v) is 4.93. The van der Waals surface area contributed by atoms with Gasteiger partial charge in [-0.25, -0.2) is 4.39 Å². The summed E-state index contributed by atoms with van der Waals surface area (Å²) in [5, 5.41) is 13.5. The Morgan fingerprint density at radius 1 is 1.08 bits per heavy atom. The number of nitrogens with zero attached hydrogens (tertiary/aromatic N) is 3. The molecule has 25 heavy (non-hydrogen) atoms. The first kappa shape index (κ1) is 14.8. The highest BCUT2D eigenvalue weighted by Crippen LogP contribution is 2.22. The van der Waals surface area contributed by atoms with Crippen molar-refractivity contribution in [3.8, 4) is 23.0 Å². The van der Waals surface area contributed by atoms with E-state index in [-0.39, 0.29) is 17.6 Å². The maximum atomic E-state index is 13.2. The van der Waals surface area contributed by atoms with Crippen LogP contribution >= 0.6 is 0 Å². The summed E-state index contributed by atoms with van der Waals surface area (Å²) in [5.74, 6) is -0.213. The second-order valence-electron chi connectivity index (χ2n) is 4.93. The van der Waals surface area contributed by atoms with Crippen molar-refractivity contribution in [3.63, 3.8) is 0 Å². The van der Waals surface area contributed by atoms with Gasteiger partial charge < -0.3 is 13.4 Å². The number of carbonyl (C=O) groups excluding carboxylic acids is 1. The number of rotatable bonds is 4. The molecule has 0 unspecified atom stereocenters. The van der Waals surface area contributed by atoms with Gasteiger partial charge in [0, 0.05) is 11.6 Å². The molecule has 4 rings (SSSR count). The number of carbonyl (C=O) groups is 1. The minimum atomic E-state index is -0.601. The number of anilines is 1. The van der Waals surface area contributed by atoms with E-state index in [1.165, 1.54) is 30.5 Å². The number of benzene rings is 1. The van der Waals surface area contributed by atoms with E-state index in [1.54, 1.807) is 18.2 Å². The first-order valence-corrected chi connectivity index (χ1v) is 7.10. The first-order chi connectivity index (χ1) is 12.2. The fourth-order valence-corrected chi connectivity index (χ4v) is 2.09. The van der Waals surface area contributed by atoms with Gasteiger partial charge in [0.25, 0.3) is 5.91 Å². The van der Waals surface area contributed by atoms with Crippen molar-refractivity contribution < 1.29 is 22.5 Å². The maximum absolute atomic E-state index is 13.2. The van der Waals surface area contributed by atoms with Gasteiger partial charge in [-0.05, 0) is 30.3 Å². The summed E-state index contributed by atoms with van der Waals surface area (Å²) in [6.45, 7) is 0. The molecular formula is C16H9FN4O4. The predicted molar refractivity (Wildman–Crippen MR) is 81.9 cm³/mol. The van der Waals surface area contributed by atoms with Crippen molar-refractivity contribution in [2.45, 2.75) is 0 Å². The van der Waals surface area contributed by atoms with Crippen LogP contribution in [0.15, 0.2) is 62.1 Å². The van der Waals surface area contributed by atoms with Gasteiger partial charge in [-0.1, -0.05) is 16.3 Å². The molecule has 0 saturated heterocycles. The van der Waals surface area contributed by atoms with Crippen molar-refractivity contribution in [3.05, 3.63) is 60.2 Å². The quantitative estimate of drug-likeness (QED) is 0.607. The number of furan rings is 1. The van der Waals surface area contributed by atoms with E-state index in [1.807, 2.05) is 0 Å². The molecule has 0 bridgehead atoms. The molecule has 0 saturated carbocycles. The topological polar surface area (TPSA) is 107 Å². The molecule has 0 aliphatic heterocycles. The second kappa shape index (κ2) is 6.04. The average molecular weight is 340 g/mol. The van der Waals surface area contributed by atoms with Gasteiger partial charge in [0.1, 0.15) is 5.82 Å². The van der Waals surface area contributed by atoms with Crippen LogP contribution in [0.4, 0.5) is 10.4 Å². The smallest absolute Gasteiger partial charge is 0.322 e. The summed E-state index contributed by atoms with van der Waals surface area (Å²) >= 11 is 0. The summed E-state index contributed by atoms with van der Waals surface area (Å²) in [6.07, 6.45) is 1.48. The van der Waals surface area contributed by atoms with Crippen molar-refractivity contribution in [1.82, 2.24) is 15.4 Å². The van der Waals surface area contributed by atoms with Gasteiger partial charge in [0.15, 0.2) is 11.5 Å². The third-order valence-corrected chi connectivity index (χ3v) is 3.22. The Morgan fingerprint density at radius 2 is 2.00 bits per heavy atom. The summed E-state index contributed by atoms with van der Waals surface area (Å²) in [7, 11) is 0. The molecule has 3 heterocycles. The molecule has 1 N–H and O–H groups in total. The van der Waals surface area contributed by atoms with E-state index in [9.17, 15) is 9.18 Å². The molecule has 4 aromatic rings. The lowest BCUT2D eigenvalue weighted by Gasteiger charge is -1.96. The zero-order chi connectivity index (χ0) is 17.2. The van der Waals surface area contributed by atoms with Crippen molar-refractivity contribution in [1.29, 1.82) is 0 Å². The number of halogens is 1. The van der Waals surface area contributed by atoms with E-state index in [2.05, 4.69) is 20.7 Å². The lowest BCUT2D eigenvalue weighted by molar-refractivity contribution is 0.101. The van der Waals surface area contributed by atoms with Crippen LogP contribution in [0.5, 0.6) is 0 Å². The summed E-state index contributed by atoms with van der Waals surface area (Å²) in [5.41, 5.74) is 0.409. The Morgan fingerprint density at radius 3 is 2.80 bits per heavy atom. The highest BCUT2D eigenvalue weighted by atomic mass is 19.1. The lowest BCUT2D eigenvalue weighted by Crippen LogP contribution is -2.12. The normalized spacial score (nSPS) is 10.8. The van der Waals surface area contributed by atoms with Crippen LogP contribution < -0.4 is 5.32 Å². The van der Waals surface area contributed by atoms with Crippen LogP contribution in [0.3, 0.4) is 0 Å². The van der Waals surface area contributed by atoms with Gasteiger partial charge in [0.2, 0.25) is 11.7 Å². The molecule has 0 spiro atoms. The number of nitrogens with one attached hydrogen (secondary N) is 1. The third-order valence-electron chi connectivity index (χ3n) is 3.22. The van der Waals surface area contributed by atoms with Crippen molar-refractivity contribution in [2.24, 2.45) is 0 Å².